The van der Waals surface area contributed by atoms with Gasteiger partial charge in [0.1, 0.15) is 5.65 Å². The van der Waals surface area contributed by atoms with Gasteiger partial charge in [0.25, 0.3) is 0 Å². The Bertz CT molecular complexity index is 567. The predicted molar refractivity (Wildman–Crippen MR) is 65.3 cm³/mol. The Labute approximate surface area is 99.1 Å². The normalized spacial score (nSPS) is 12.0. The average molecular weight is 233 g/mol. The van der Waals surface area contributed by atoms with E-state index in [-0.39, 0.29) is 12.0 Å². The molecule has 0 saturated heterocycles. The van der Waals surface area contributed by atoms with Gasteiger partial charge in [-0.25, -0.2) is 4.98 Å². The molecule has 0 aliphatic carbocycles. The van der Waals surface area contributed by atoms with Crippen LogP contribution in [0, 0.1) is 4.91 Å². The number of aliphatic hydroxyl groups excluding tert-OH is 1. The van der Waals surface area contributed by atoms with Gasteiger partial charge in [0.15, 0.2) is 0 Å². The fourth-order valence-corrected chi connectivity index (χ4v) is 1.76. The standard InChI is InChI=1S/C12H15N3O2/c1-12(2,3)10-11(14-17)15-6-8(7-16)4-5-9(15)13-10/h4-6,16H,7H2,1-3H3. The second kappa shape index (κ2) is 3.92. The summed E-state index contributed by atoms with van der Waals surface area (Å²) < 4.78 is 1.62. The highest BCUT2D eigenvalue weighted by Crippen LogP contribution is 2.31. The second-order valence-electron chi connectivity index (χ2n) is 5.05. The summed E-state index contributed by atoms with van der Waals surface area (Å²) in [6.45, 7) is 5.88. The Kier molecular flexibility index (Phi) is 2.71. The van der Waals surface area contributed by atoms with Crippen molar-refractivity contribution in [2.24, 2.45) is 5.18 Å². The van der Waals surface area contributed by atoms with Crippen LogP contribution in [-0.2, 0) is 12.0 Å². The predicted octanol–water partition coefficient (Wildman–Crippen LogP) is 2.52. The topological polar surface area (TPSA) is 67.0 Å². The Hall–Kier alpha value is -1.75. The number of nitrogens with zero attached hydrogens (tertiary/aromatic N) is 3. The van der Waals surface area contributed by atoms with Crippen molar-refractivity contribution in [2.75, 3.05) is 0 Å². The molecule has 1 N–H and O–H groups in total. The third-order valence-electron chi connectivity index (χ3n) is 2.63. The van der Waals surface area contributed by atoms with Gasteiger partial charge in [0.2, 0.25) is 5.82 Å². The molecule has 0 aliphatic rings. The molecule has 90 valence electrons. The van der Waals surface area contributed by atoms with Crippen molar-refractivity contribution in [3.8, 4) is 0 Å². The number of fused-ring (bicyclic) bond motifs is 1. The van der Waals surface area contributed by atoms with Gasteiger partial charge in [-0.2, -0.15) is 0 Å². The largest absolute Gasteiger partial charge is 0.392 e. The molecule has 0 saturated carbocycles. The van der Waals surface area contributed by atoms with Crippen LogP contribution >= 0.6 is 0 Å². The second-order valence-corrected chi connectivity index (χ2v) is 5.05. The maximum Gasteiger partial charge on any atom is 0.205 e. The minimum Gasteiger partial charge on any atom is -0.392 e. The molecule has 0 aliphatic heterocycles. The first-order valence-corrected chi connectivity index (χ1v) is 5.43. The molecular weight excluding hydrogens is 218 g/mol. The van der Waals surface area contributed by atoms with Crippen molar-refractivity contribution >= 4 is 11.5 Å². The number of hydrogen-bond donors (Lipinski definition) is 1. The number of aromatic nitrogens is 2. The van der Waals surface area contributed by atoms with Crippen molar-refractivity contribution in [2.45, 2.75) is 32.8 Å². The zero-order chi connectivity index (χ0) is 12.6. The van der Waals surface area contributed by atoms with E-state index in [1.165, 1.54) is 0 Å². The van der Waals surface area contributed by atoms with E-state index in [0.717, 1.165) is 5.56 Å². The number of imidazole rings is 1. The summed E-state index contributed by atoms with van der Waals surface area (Å²) in [6.07, 6.45) is 1.69. The summed E-state index contributed by atoms with van der Waals surface area (Å²) >= 11 is 0. The molecule has 5 nitrogen and oxygen atoms in total. The molecule has 0 unspecified atom stereocenters. The Morgan fingerprint density at radius 2 is 2.12 bits per heavy atom. The van der Waals surface area contributed by atoms with Crippen LogP contribution in [0.4, 0.5) is 5.82 Å². The lowest BCUT2D eigenvalue weighted by Crippen LogP contribution is -2.11. The molecule has 0 spiro atoms. The SMILES string of the molecule is CC(C)(C)c1nc2ccc(CO)cn2c1N=O. The monoisotopic (exact) mass is 233 g/mol. The summed E-state index contributed by atoms with van der Waals surface area (Å²) in [4.78, 5) is 15.4. The quantitative estimate of drug-likeness (QED) is 0.810. The van der Waals surface area contributed by atoms with Gasteiger partial charge in [-0.15, -0.1) is 4.91 Å². The number of hydrogen-bond acceptors (Lipinski definition) is 4. The first-order valence-electron chi connectivity index (χ1n) is 5.43. The van der Waals surface area contributed by atoms with Gasteiger partial charge in [-0.3, -0.25) is 4.40 Å². The number of pyridine rings is 1. The van der Waals surface area contributed by atoms with Crippen molar-refractivity contribution in [3.63, 3.8) is 0 Å². The molecule has 0 atom stereocenters. The summed E-state index contributed by atoms with van der Waals surface area (Å²) in [5, 5.41) is 12.2. The van der Waals surface area contributed by atoms with Crippen molar-refractivity contribution in [3.05, 3.63) is 34.5 Å². The van der Waals surface area contributed by atoms with Crippen LogP contribution in [0.5, 0.6) is 0 Å². The van der Waals surface area contributed by atoms with Crippen LogP contribution in [0.15, 0.2) is 23.5 Å². The fraction of sp³-hybridized carbons (Fsp3) is 0.417. The lowest BCUT2D eigenvalue weighted by atomic mass is 9.92. The average Bonchev–Trinajstić information content (AvgIpc) is 2.65. The van der Waals surface area contributed by atoms with E-state index in [1.807, 2.05) is 20.8 Å². The van der Waals surface area contributed by atoms with Gasteiger partial charge in [0, 0.05) is 11.6 Å². The van der Waals surface area contributed by atoms with Crippen LogP contribution in [-0.4, -0.2) is 14.5 Å². The van der Waals surface area contributed by atoms with Gasteiger partial charge >= 0.3 is 0 Å². The zero-order valence-electron chi connectivity index (χ0n) is 10.1. The molecule has 2 aromatic heterocycles. The maximum absolute atomic E-state index is 11.0. The Morgan fingerprint density at radius 3 is 2.65 bits per heavy atom. The van der Waals surface area contributed by atoms with Crippen LogP contribution in [0.2, 0.25) is 0 Å². The maximum atomic E-state index is 11.0. The van der Waals surface area contributed by atoms with E-state index < -0.39 is 0 Å². The first-order chi connectivity index (χ1) is 7.97. The van der Waals surface area contributed by atoms with Gasteiger partial charge in [-0.05, 0) is 16.8 Å². The molecule has 5 heteroatoms. The summed E-state index contributed by atoms with van der Waals surface area (Å²) in [6, 6.07) is 3.55. The van der Waals surface area contributed by atoms with E-state index in [9.17, 15) is 4.91 Å². The third-order valence-corrected chi connectivity index (χ3v) is 2.63. The summed E-state index contributed by atoms with van der Waals surface area (Å²) in [5.74, 6) is 0.308. The third kappa shape index (κ3) is 1.93. The first kappa shape index (κ1) is 11.7. The number of rotatable bonds is 2. The zero-order valence-corrected chi connectivity index (χ0v) is 10.1. The summed E-state index contributed by atoms with van der Waals surface area (Å²) in [7, 11) is 0. The van der Waals surface area contributed by atoms with E-state index in [1.54, 1.807) is 22.7 Å². The summed E-state index contributed by atoms with van der Waals surface area (Å²) in [5.41, 5.74) is 1.82. The molecule has 0 aromatic carbocycles. The minimum atomic E-state index is -0.241. The fourth-order valence-electron chi connectivity index (χ4n) is 1.76. The van der Waals surface area contributed by atoms with E-state index in [0.29, 0.717) is 17.2 Å². The van der Waals surface area contributed by atoms with E-state index >= 15 is 0 Å². The molecule has 0 amide bonds. The number of nitroso groups, excluding NO2 is 1. The van der Waals surface area contributed by atoms with Crippen LogP contribution in [0.3, 0.4) is 0 Å². The lowest BCUT2D eigenvalue weighted by Gasteiger charge is -2.14. The van der Waals surface area contributed by atoms with E-state index in [4.69, 9.17) is 5.11 Å². The van der Waals surface area contributed by atoms with Crippen LogP contribution in [0.25, 0.3) is 5.65 Å². The highest BCUT2D eigenvalue weighted by atomic mass is 16.3. The lowest BCUT2D eigenvalue weighted by molar-refractivity contribution is 0.281. The van der Waals surface area contributed by atoms with Crippen LogP contribution < -0.4 is 0 Å². The van der Waals surface area contributed by atoms with Crippen LogP contribution in [0.1, 0.15) is 32.0 Å². The molecule has 2 heterocycles. The molecular formula is C12H15N3O2. The van der Waals surface area contributed by atoms with Crippen molar-refractivity contribution in [1.29, 1.82) is 0 Å². The molecule has 2 rings (SSSR count). The van der Waals surface area contributed by atoms with Gasteiger partial charge in [-0.1, -0.05) is 26.8 Å². The molecule has 0 fully saturated rings. The molecule has 2 aromatic rings. The molecule has 17 heavy (non-hydrogen) atoms. The van der Waals surface area contributed by atoms with Gasteiger partial charge in [0.05, 0.1) is 12.3 Å². The highest BCUT2D eigenvalue weighted by Gasteiger charge is 2.24. The molecule has 0 radical (unpaired) electrons. The molecule has 0 bridgehead atoms. The van der Waals surface area contributed by atoms with Gasteiger partial charge < -0.3 is 5.11 Å². The smallest absolute Gasteiger partial charge is 0.205 e. The Balaban J connectivity index is 2.76. The van der Waals surface area contributed by atoms with Crippen molar-refractivity contribution < 1.29 is 5.11 Å². The highest BCUT2D eigenvalue weighted by molar-refractivity contribution is 5.54. The van der Waals surface area contributed by atoms with Crippen molar-refractivity contribution in [1.82, 2.24) is 9.38 Å². The Morgan fingerprint density at radius 1 is 1.41 bits per heavy atom. The number of aliphatic hydroxyl groups is 1. The minimum absolute atomic E-state index is 0.0722. The van der Waals surface area contributed by atoms with E-state index in [2.05, 4.69) is 10.2 Å².